The van der Waals surface area contributed by atoms with Crippen molar-refractivity contribution in [3.8, 4) is 0 Å². The molecule has 2 N–H and O–H groups in total. The van der Waals surface area contributed by atoms with E-state index in [1.165, 1.54) is 25.8 Å². The van der Waals surface area contributed by atoms with Crippen molar-refractivity contribution in [3.63, 3.8) is 0 Å². The summed E-state index contributed by atoms with van der Waals surface area (Å²) in [6, 6.07) is 0.576. The fourth-order valence-electron chi connectivity index (χ4n) is 3.35. The van der Waals surface area contributed by atoms with Gasteiger partial charge in [0.25, 0.3) is 0 Å². The fourth-order valence-corrected chi connectivity index (χ4v) is 3.35. The molecule has 3 heterocycles. The molecule has 3 rings (SSSR count). The van der Waals surface area contributed by atoms with Crippen LogP contribution in [-0.2, 0) is 9.53 Å². The highest BCUT2D eigenvalue weighted by molar-refractivity contribution is 5.84. The van der Waals surface area contributed by atoms with Crippen molar-refractivity contribution in [1.82, 2.24) is 9.80 Å². The molecule has 3 aliphatic rings. The number of hydrogen-bond donors (Lipinski definition) is 1. The second-order valence-electron chi connectivity index (χ2n) is 5.91. The van der Waals surface area contributed by atoms with Crippen LogP contribution < -0.4 is 5.73 Å². The van der Waals surface area contributed by atoms with Gasteiger partial charge in [0.1, 0.15) is 5.41 Å². The van der Waals surface area contributed by atoms with Crippen LogP contribution >= 0.6 is 0 Å². The van der Waals surface area contributed by atoms with Crippen LogP contribution in [0.1, 0.15) is 19.3 Å². The normalized spacial score (nSPS) is 31.6. The van der Waals surface area contributed by atoms with Gasteiger partial charge in [0.05, 0.1) is 13.2 Å². The van der Waals surface area contributed by atoms with Gasteiger partial charge in [-0.3, -0.25) is 9.69 Å². The number of ether oxygens (including phenoxy) is 1. The topological polar surface area (TPSA) is 58.8 Å². The van der Waals surface area contributed by atoms with Gasteiger partial charge in [-0.15, -0.1) is 0 Å². The third-order valence-corrected chi connectivity index (χ3v) is 4.73. The summed E-state index contributed by atoms with van der Waals surface area (Å²) in [6.45, 7) is 5.41. The van der Waals surface area contributed by atoms with Crippen LogP contribution in [0.3, 0.4) is 0 Å². The lowest BCUT2D eigenvalue weighted by Crippen LogP contribution is -2.64. The van der Waals surface area contributed by atoms with Gasteiger partial charge in [0.15, 0.2) is 0 Å². The van der Waals surface area contributed by atoms with E-state index in [9.17, 15) is 4.79 Å². The third-order valence-electron chi connectivity index (χ3n) is 4.73. The first-order chi connectivity index (χ1) is 8.75. The molecule has 5 heteroatoms. The van der Waals surface area contributed by atoms with Crippen molar-refractivity contribution < 1.29 is 9.53 Å². The molecule has 1 atom stereocenters. The summed E-state index contributed by atoms with van der Waals surface area (Å²) in [6.07, 6.45) is 3.84. The molecular formula is C13H23N3O2. The van der Waals surface area contributed by atoms with E-state index in [2.05, 4.69) is 4.90 Å². The van der Waals surface area contributed by atoms with Crippen LogP contribution in [-0.4, -0.2) is 67.7 Å². The summed E-state index contributed by atoms with van der Waals surface area (Å²) in [5, 5.41) is 0. The van der Waals surface area contributed by atoms with E-state index >= 15 is 0 Å². The molecule has 0 aliphatic carbocycles. The van der Waals surface area contributed by atoms with Gasteiger partial charge in [0.2, 0.25) is 5.91 Å². The highest BCUT2D eigenvalue weighted by Crippen LogP contribution is 2.30. The molecule has 0 aromatic rings. The van der Waals surface area contributed by atoms with Gasteiger partial charge in [-0.25, -0.2) is 0 Å². The van der Waals surface area contributed by atoms with Crippen LogP contribution in [0, 0.1) is 5.41 Å². The fraction of sp³-hybridized carbons (Fsp3) is 0.923. The van der Waals surface area contributed by atoms with E-state index in [-0.39, 0.29) is 5.91 Å². The number of nitrogens with zero attached hydrogens (tertiary/aromatic N) is 2. The van der Waals surface area contributed by atoms with Gasteiger partial charge in [0, 0.05) is 32.2 Å². The lowest BCUT2D eigenvalue weighted by molar-refractivity contribution is -0.173. The van der Waals surface area contributed by atoms with E-state index in [0.717, 1.165) is 19.6 Å². The Morgan fingerprint density at radius 2 is 2.11 bits per heavy atom. The Bertz CT molecular complexity index is 325. The highest BCUT2D eigenvalue weighted by Gasteiger charge is 2.48. The minimum atomic E-state index is -0.406. The van der Waals surface area contributed by atoms with Crippen molar-refractivity contribution >= 4 is 5.91 Å². The molecule has 0 spiro atoms. The number of nitrogens with two attached hydrogens (primary N) is 1. The minimum Gasteiger partial charge on any atom is -0.379 e. The molecule has 18 heavy (non-hydrogen) atoms. The Hall–Kier alpha value is -0.650. The molecule has 0 aromatic carbocycles. The number of rotatable bonds is 2. The van der Waals surface area contributed by atoms with Crippen LogP contribution in [0.25, 0.3) is 0 Å². The summed E-state index contributed by atoms with van der Waals surface area (Å²) < 4.78 is 5.21. The molecule has 102 valence electrons. The quantitative estimate of drug-likeness (QED) is 0.731. The van der Waals surface area contributed by atoms with Gasteiger partial charge in [-0.2, -0.15) is 0 Å². The summed E-state index contributed by atoms with van der Waals surface area (Å²) in [7, 11) is 0. The number of carbonyl (C=O) groups excluding carboxylic acids is 1. The van der Waals surface area contributed by atoms with Gasteiger partial charge >= 0.3 is 0 Å². The molecule has 0 aromatic heterocycles. The zero-order chi connectivity index (χ0) is 12.6. The lowest BCUT2D eigenvalue weighted by Gasteiger charge is -2.48. The first-order valence-corrected chi connectivity index (χ1v) is 7.06. The Balaban J connectivity index is 1.65. The van der Waals surface area contributed by atoms with E-state index in [1.807, 2.05) is 4.90 Å². The molecule has 1 unspecified atom stereocenters. The molecule has 0 bridgehead atoms. The number of carbonyl (C=O) groups is 1. The maximum absolute atomic E-state index is 12.6. The van der Waals surface area contributed by atoms with E-state index in [4.69, 9.17) is 10.5 Å². The maximum Gasteiger partial charge on any atom is 0.234 e. The molecule has 0 saturated carbocycles. The Kier molecular flexibility index (Phi) is 3.30. The zero-order valence-electron chi connectivity index (χ0n) is 10.9. The number of fused-ring (bicyclic) bond motifs is 1. The summed E-state index contributed by atoms with van der Waals surface area (Å²) in [4.78, 5) is 17.1. The highest BCUT2D eigenvalue weighted by atomic mass is 16.5. The average molecular weight is 253 g/mol. The first kappa shape index (κ1) is 12.4. The second kappa shape index (κ2) is 4.79. The summed E-state index contributed by atoms with van der Waals surface area (Å²) in [5.41, 5.74) is 5.36. The Labute approximate surface area is 108 Å². The first-order valence-electron chi connectivity index (χ1n) is 7.06. The predicted octanol–water partition coefficient (Wildman–Crippen LogP) is -0.342. The molecule has 3 fully saturated rings. The monoisotopic (exact) mass is 253 g/mol. The van der Waals surface area contributed by atoms with Gasteiger partial charge in [-0.05, 0) is 19.4 Å². The van der Waals surface area contributed by atoms with Crippen LogP contribution in [0.15, 0.2) is 0 Å². The van der Waals surface area contributed by atoms with Crippen LogP contribution in [0.5, 0.6) is 0 Å². The van der Waals surface area contributed by atoms with Crippen molar-refractivity contribution in [2.75, 3.05) is 45.9 Å². The van der Waals surface area contributed by atoms with Crippen molar-refractivity contribution in [2.45, 2.75) is 25.3 Å². The number of piperidine rings is 1. The number of hydrogen-bond acceptors (Lipinski definition) is 4. The van der Waals surface area contributed by atoms with E-state index < -0.39 is 5.41 Å². The smallest absolute Gasteiger partial charge is 0.234 e. The van der Waals surface area contributed by atoms with Gasteiger partial charge < -0.3 is 15.4 Å². The lowest BCUT2D eigenvalue weighted by atomic mass is 9.83. The molecular weight excluding hydrogens is 230 g/mol. The Morgan fingerprint density at radius 1 is 1.28 bits per heavy atom. The SMILES string of the molecule is NCC1(C(=O)N2CCN3CCCCC3C2)COC1. The largest absolute Gasteiger partial charge is 0.379 e. The van der Waals surface area contributed by atoms with Crippen molar-refractivity contribution in [1.29, 1.82) is 0 Å². The van der Waals surface area contributed by atoms with Crippen molar-refractivity contribution in [3.05, 3.63) is 0 Å². The molecule has 3 aliphatic heterocycles. The third kappa shape index (κ3) is 1.94. The number of piperazine rings is 1. The van der Waals surface area contributed by atoms with Crippen LogP contribution in [0.4, 0.5) is 0 Å². The predicted molar refractivity (Wildman–Crippen MR) is 68.1 cm³/mol. The standard InChI is InChI=1S/C13H23N3O2/c14-8-13(9-18-10-13)12(17)16-6-5-15-4-2-1-3-11(15)7-16/h11H,1-10,14H2. The van der Waals surface area contributed by atoms with Crippen molar-refractivity contribution in [2.24, 2.45) is 11.1 Å². The van der Waals surface area contributed by atoms with E-state index in [1.54, 1.807) is 0 Å². The molecule has 5 nitrogen and oxygen atoms in total. The average Bonchev–Trinajstić information content (AvgIpc) is 2.37. The maximum atomic E-state index is 12.6. The summed E-state index contributed by atoms with van der Waals surface area (Å²) in [5.74, 6) is 0.224. The van der Waals surface area contributed by atoms with E-state index in [0.29, 0.717) is 25.8 Å². The number of amides is 1. The minimum absolute atomic E-state index is 0.224. The molecule has 1 amide bonds. The Morgan fingerprint density at radius 3 is 2.78 bits per heavy atom. The summed E-state index contributed by atoms with van der Waals surface area (Å²) >= 11 is 0. The molecule has 3 saturated heterocycles. The van der Waals surface area contributed by atoms with Gasteiger partial charge in [-0.1, -0.05) is 6.42 Å². The second-order valence-corrected chi connectivity index (χ2v) is 5.91. The molecule has 0 radical (unpaired) electrons. The van der Waals surface area contributed by atoms with Crippen LogP contribution in [0.2, 0.25) is 0 Å². The zero-order valence-corrected chi connectivity index (χ0v) is 10.9.